The summed E-state index contributed by atoms with van der Waals surface area (Å²) in [6.07, 6.45) is 0. The van der Waals surface area contributed by atoms with Gasteiger partial charge < -0.3 is 11.1 Å². The number of halogens is 2. The number of amides is 1. The van der Waals surface area contributed by atoms with Crippen molar-refractivity contribution in [1.82, 2.24) is 5.32 Å². The first-order chi connectivity index (χ1) is 8.91. The van der Waals surface area contributed by atoms with Crippen LogP contribution in [0.3, 0.4) is 0 Å². The van der Waals surface area contributed by atoms with Crippen molar-refractivity contribution in [2.45, 2.75) is 13.0 Å². The highest BCUT2D eigenvalue weighted by molar-refractivity contribution is 7.80. The predicted molar refractivity (Wildman–Crippen MR) is 75.7 cm³/mol. The van der Waals surface area contributed by atoms with Gasteiger partial charge in [-0.15, -0.1) is 0 Å². The SMILES string of the molecule is CC1=NC(=S)NC(c2c(F)cccc2Cl)C1C(N)=O. The highest BCUT2D eigenvalue weighted by Crippen LogP contribution is 2.33. The molecule has 0 aromatic heterocycles. The Balaban J connectivity index is 2.56. The Labute approximate surface area is 119 Å². The standard InChI is InChI=1S/C12H11ClFN3OS/c1-5-8(11(15)18)10(17-12(19)16-5)9-6(13)3-2-4-7(9)14/h2-4,8,10H,1H3,(H2,15,18)(H,17,19). The lowest BCUT2D eigenvalue weighted by molar-refractivity contribution is -0.120. The van der Waals surface area contributed by atoms with Crippen LogP contribution in [0.15, 0.2) is 23.2 Å². The van der Waals surface area contributed by atoms with Crippen LogP contribution in [-0.4, -0.2) is 16.7 Å². The van der Waals surface area contributed by atoms with Crippen molar-refractivity contribution in [2.75, 3.05) is 0 Å². The third-order valence-electron chi connectivity index (χ3n) is 2.96. The lowest BCUT2D eigenvalue weighted by Gasteiger charge is -2.31. The van der Waals surface area contributed by atoms with Gasteiger partial charge in [-0.3, -0.25) is 4.79 Å². The molecular formula is C12H11ClFN3OS. The summed E-state index contributed by atoms with van der Waals surface area (Å²) >= 11 is 11.0. The molecule has 0 aliphatic carbocycles. The normalized spacial score (nSPS) is 22.7. The van der Waals surface area contributed by atoms with Crippen molar-refractivity contribution in [1.29, 1.82) is 0 Å². The summed E-state index contributed by atoms with van der Waals surface area (Å²) in [7, 11) is 0. The maximum absolute atomic E-state index is 14.0. The zero-order valence-electron chi connectivity index (χ0n) is 9.98. The largest absolute Gasteiger partial charge is 0.369 e. The Morgan fingerprint density at radius 1 is 1.58 bits per heavy atom. The molecule has 1 aromatic rings. The fraction of sp³-hybridized carbons (Fsp3) is 0.250. The summed E-state index contributed by atoms with van der Waals surface area (Å²) in [5.74, 6) is -1.92. The van der Waals surface area contributed by atoms with E-state index in [-0.39, 0.29) is 15.7 Å². The number of hydrogen-bond acceptors (Lipinski definition) is 2. The van der Waals surface area contributed by atoms with Gasteiger partial charge in [-0.2, -0.15) is 0 Å². The van der Waals surface area contributed by atoms with Gasteiger partial charge in [0.25, 0.3) is 0 Å². The number of nitrogens with one attached hydrogen (secondary N) is 1. The van der Waals surface area contributed by atoms with E-state index >= 15 is 0 Å². The highest BCUT2D eigenvalue weighted by atomic mass is 35.5. The number of carbonyl (C=O) groups is 1. The third kappa shape index (κ3) is 2.59. The van der Waals surface area contributed by atoms with Gasteiger partial charge in [0.2, 0.25) is 5.91 Å². The summed E-state index contributed by atoms with van der Waals surface area (Å²) in [4.78, 5) is 15.6. The molecule has 1 aliphatic heterocycles. The van der Waals surface area contributed by atoms with Crippen LogP contribution in [0.2, 0.25) is 5.02 Å². The van der Waals surface area contributed by atoms with Crippen molar-refractivity contribution >= 4 is 40.6 Å². The monoisotopic (exact) mass is 299 g/mol. The molecule has 0 saturated carbocycles. The van der Waals surface area contributed by atoms with Crippen molar-refractivity contribution in [3.63, 3.8) is 0 Å². The Bertz CT molecular complexity index is 570. The van der Waals surface area contributed by atoms with Gasteiger partial charge in [-0.25, -0.2) is 9.38 Å². The smallest absolute Gasteiger partial charge is 0.228 e. The van der Waals surface area contributed by atoms with Crippen LogP contribution in [0.1, 0.15) is 18.5 Å². The Morgan fingerprint density at radius 3 is 2.84 bits per heavy atom. The average Bonchev–Trinajstić information content (AvgIpc) is 2.26. The van der Waals surface area contributed by atoms with E-state index in [0.717, 1.165) is 0 Å². The molecule has 0 radical (unpaired) electrons. The van der Waals surface area contributed by atoms with Crippen LogP contribution in [0.5, 0.6) is 0 Å². The van der Waals surface area contributed by atoms with Crippen LogP contribution in [0.25, 0.3) is 0 Å². The molecule has 2 rings (SSSR count). The molecule has 0 saturated heterocycles. The Hall–Kier alpha value is -1.53. The Morgan fingerprint density at radius 2 is 2.26 bits per heavy atom. The van der Waals surface area contributed by atoms with Crippen LogP contribution in [0.4, 0.5) is 4.39 Å². The Kier molecular flexibility index (Phi) is 3.82. The molecule has 0 bridgehead atoms. The lowest BCUT2D eigenvalue weighted by Crippen LogP contribution is -2.46. The highest BCUT2D eigenvalue weighted by Gasteiger charge is 2.36. The van der Waals surface area contributed by atoms with E-state index in [9.17, 15) is 9.18 Å². The van der Waals surface area contributed by atoms with Gasteiger partial charge in [-0.1, -0.05) is 17.7 Å². The molecule has 1 aromatic carbocycles. The minimum absolute atomic E-state index is 0.171. The molecule has 100 valence electrons. The zero-order chi connectivity index (χ0) is 14.2. The topological polar surface area (TPSA) is 67.5 Å². The van der Waals surface area contributed by atoms with Gasteiger partial charge in [0.05, 0.1) is 6.04 Å². The van der Waals surface area contributed by atoms with Crippen molar-refractivity contribution in [2.24, 2.45) is 16.6 Å². The van der Waals surface area contributed by atoms with Crippen LogP contribution >= 0.6 is 23.8 Å². The third-order valence-corrected chi connectivity index (χ3v) is 3.50. The fourth-order valence-corrected chi connectivity index (χ4v) is 2.69. The van der Waals surface area contributed by atoms with Crippen LogP contribution in [0, 0.1) is 11.7 Å². The maximum Gasteiger partial charge on any atom is 0.228 e. The number of nitrogens with zero attached hydrogens (tertiary/aromatic N) is 1. The van der Waals surface area contributed by atoms with Crippen LogP contribution < -0.4 is 11.1 Å². The molecule has 4 nitrogen and oxygen atoms in total. The summed E-state index contributed by atoms with van der Waals surface area (Å²) < 4.78 is 14.0. The second kappa shape index (κ2) is 5.22. The summed E-state index contributed by atoms with van der Waals surface area (Å²) in [5, 5.41) is 3.18. The van der Waals surface area contributed by atoms with Gasteiger partial charge in [0, 0.05) is 16.3 Å². The van der Waals surface area contributed by atoms with E-state index in [1.165, 1.54) is 12.1 Å². The first-order valence-corrected chi connectivity index (χ1v) is 6.29. The first-order valence-electron chi connectivity index (χ1n) is 5.50. The second-order valence-corrected chi connectivity index (χ2v) is 4.99. The molecule has 19 heavy (non-hydrogen) atoms. The number of carbonyl (C=O) groups excluding carboxylic acids is 1. The van der Waals surface area contributed by atoms with Gasteiger partial charge >= 0.3 is 0 Å². The summed E-state index contributed by atoms with van der Waals surface area (Å²) in [5.41, 5.74) is 5.98. The van der Waals surface area contributed by atoms with Gasteiger partial charge in [0.1, 0.15) is 11.7 Å². The molecule has 0 fully saturated rings. The number of hydrogen-bond donors (Lipinski definition) is 2. The molecule has 2 unspecified atom stereocenters. The minimum atomic E-state index is -0.791. The molecule has 1 aliphatic rings. The number of thiocarbonyl (C=S) groups is 1. The maximum atomic E-state index is 14.0. The van der Waals surface area contributed by atoms with E-state index in [2.05, 4.69) is 10.3 Å². The molecule has 1 heterocycles. The molecule has 2 atom stereocenters. The van der Waals surface area contributed by atoms with Gasteiger partial charge in [0.15, 0.2) is 5.11 Å². The van der Waals surface area contributed by atoms with E-state index < -0.39 is 23.7 Å². The lowest BCUT2D eigenvalue weighted by atomic mass is 9.87. The number of benzene rings is 1. The van der Waals surface area contributed by atoms with Crippen LogP contribution in [-0.2, 0) is 4.79 Å². The van der Waals surface area contributed by atoms with E-state index in [1.54, 1.807) is 13.0 Å². The van der Waals surface area contributed by atoms with Crippen molar-refractivity contribution in [3.8, 4) is 0 Å². The average molecular weight is 300 g/mol. The predicted octanol–water partition coefficient (Wildman–Crippen LogP) is 1.97. The second-order valence-electron chi connectivity index (χ2n) is 4.20. The number of aliphatic imine (C=N–C) groups is 1. The van der Waals surface area contributed by atoms with E-state index in [4.69, 9.17) is 29.6 Å². The quantitative estimate of drug-likeness (QED) is 0.821. The molecule has 0 spiro atoms. The minimum Gasteiger partial charge on any atom is -0.369 e. The van der Waals surface area contributed by atoms with Gasteiger partial charge in [-0.05, 0) is 31.3 Å². The molecule has 7 heteroatoms. The number of nitrogens with two attached hydrogens (primary N) is 1. The fourth-order valence-electron chi connectivity index (χ4n) is 2.14. The van der Waals surface area contributed by atoms with E-state index in [0.29, 0.717) is 5.71 Å². The summed E-state index contributed by atoms with van der Waals surface area (Å²) in [6.45, 7) is 1.63. The molecule has 3 N–H and O–H groups in total. The van der Waals surface area contributed by atoms with E-state index in [1.807, 2.05) is 0 Å². The number of primary amides is 1. The van der Waals surface area contributed by atoms with Crippen molar-refractivity contribution in [3.05, 3.63) is 34.6 Å². The van der Waals surface area contributed by atoms with Crippen molar-refractivity contribution < 1.29 is 9.18 Å². The summed E-state index contributed by atoms with van der Waals surface area (Å²) in [6, 6.07) is 3.56. The first kappa shape index (κ1) is 13.9. The molecular weight excluding hydrogens is 289 g/mol. The zero-order valence-corrected chi connectivity index (χ0v) is 11.6. The molecule has 1 amide bonds. The number of rotatable bonds is 2.